The van der Waals surface area contributed by atoms with Crippen molar-refractivity contribution >= 4 is 16.9 Å². The molecule has 2 N–H and O–H groups in total. The van der Waals surface area contributed by atoms with E-state index >= 15 is 0 Å². The summed E-state index contributed by atoms with van der Waals surface area (Å²) in [6.45, 7) is 0. The number of benzene rings is 2. The van der Waals surface area contributed by atoms with E-state index in [1.165, 1.54) is 11.0 Å². The van der Waals surface area contributed by atoms with Crippen LogP contribution < -0.4 is 0 Å². The standard InChI is InChI=1S/C17H14N4O2/c1-21(2)17(23)11-5-12(8-18)16(22)13(6-11)10-3-4-14-15(7-10)20-9-19-14/h3-7,9,22H,1-2H3,(H,19,20). The van der Waals surface area contributed by atoms with Crippen molar-refractivity contribution in [3.8, 4) is 22.9 Å². The zero-order valence-corrected chi connectivity index (χ0v) is 12.7. The third-order valence-electron chi connectivity index (χ3n) is 3.61. The first kappa shape index (κ1) is 14.6. The van der Waals surface area contributed by atoms with E-state index in [2.05, 4.69) is 9.97 Å². The molecule has 1 heterocycles. The van der Waals surface area contributed by atoms with Crippen LogP contribution in [0.4, 0.5) is 0 Å². The Morgan fingerprint density at radius 3 is 2.78 bits per heavy atom. The predicted octanol–water partition coefficient (Wildman–Crippen LogP) is 2.51. The van der Waals surface area contributed by atoms with Gasteiger partial charge in [-0.25, -0.2) is 4.98 Å². The number of aromatic amines is 1. The zero-order valence-electron chi connectivity index (χ0n) is 12.7. The third kappa shape index (κ3) is 2.49. The van der Waals surface area contributed by atoms with Gasteiger partial charge in [0.2, 0.25) is 0 Å². The van der Waals surface area contributed by atoms with Gasteiger partial charge in [0.25, 0.3) is 5.91 Å². The molecule has 2 aromatic carbocycles. The molecule has 6 nitrogen and oxygen atoms in total. The van der Waals surface area contributed by atoms with Crippen molar-refractivity contribution in [3.05, 3.63) is 47.8 Å². The van der Waals surface area contributed by atoms with Gasteiger partial charge in [-0.15, -0.1) is 0 Å². The maximum absolute atomic E-state index is 12.2. The second kappa shape index (κ2) is 5.46. The van der Waals surface area contributed by atoms with Gasteiger partial charge in [0, 0.05) is 25.2 Å². The van der Waals surface area contributed by atoms with Gasteiger partial charge in [-0.1, -0.05) is 6.07 Å². The van der Waals surface area contributed by atoms with Crippen LogP contribution in [0.15, 0.2) is 36.7 Å². The van der Waals surface area contributed by atoms with Gasteiger partial charge in [0.05, 0.1) is 22.9 Å². The molecule has 0 saturated heterocycles. The molecule has 114 valence electrons. The van der Waals surface area contributed by atoms with E-state index in [0.717, 1.165) is 11.0 Å². The first-order valence-corrected chi connectivity index (χ1v) is 6.93. The fraction of sp³-hybridized carbons (Fsp3) is 0.118. The van der Waals surface area contributed by atoms with Crippen LogP contribution >= 0.6 is 0 Å². The number of rotatable bonds is 2. The topological polar surface area (TPSA) is 93.0 Å². The van der Waals surface area contributed by atoms with Crippen molar-refractivity contribution in [3.63, 3.8) is 0 Å². The number of H-pyrrole nitrogens is 1. The fourth-order valence-corrected chi connectivity index (χ4v) is 2.42. The summed E-state index contributed by atoms with van der Waals surface area (Å²) in [6, 6.07) is 10.4. The molecule has 1 amide bonds. The molecule has 0 fully saturated rings. The van der Waals surface area contributed by atoms with E-state index in [0.29, 0.717) is 16.7 Å². The van der Waals surface area contributed by atoms with Crippen molar-refractivity contribution in [1.82, 2.24) is 14.9 Å². The summed E-state index contributed by atoms with van der Waals surface area (Å²) < 4.78 is 0. The molecule has 0 unspecified atom stereocenters. The number of amides is 1. The van der Waals surface area contributed by atoms with Crippen molar-refractivity contribution in [2.24, 2.45) is 0 Å². The Morgan fingerprint density at radius 2 is 2.09 bits per heavy atom. The number of hydrogen-bond donors (Lipinski definition) is 2. The molecule has 1 aromatic heterocycles. The van der Waals surface area contributed by atoms with Crippen molar-refractivity contribution < 1.29 is 9.90 Å². The van der Waals surface area contributed by atoms with Gasteiger partial charge >= 0.3 is 0 Å². The lowest BCUT2D eigenvalue weighted by Crippen LogP contribution is -2.21. The molecule has 0 radical (unpaired) electrons. The van der Waals surface area contributed by atoms with Crippen LogP contribution in [0.25, 0.3) is 22.2 Å². The first-order valence-electron chi connectivity index (χ1n) is 6.93. The van der Waals surface area contributed by atoms with Crippen LogP contribution in [0.3, 0.4) is 0 Å². The summed E-state index contributed by atoms with van der Waals surface area (Å²) in [5.74, 6) is -0.368. The van der Waals surface area contributed by atoms with E-state index < -0.39 is 0 Å². The quantitative estimate of drug-likeness (QED) is 0.760. The fourth-order valence-electron chi connectivity index (χ4n) is 2.42. The van der Waals surface area contributed by atoms with E-state index in [4.69, 9.17) is 0 Å². The Hall–Kier alpha value is -3.33. The molecule has 0 spiro atoms. The number of aromatic hydroxyl groups is 1. The molecule has 0 aliphatic heterocycles. The minimum atomic E-state index is -0.231. The number of carbonyl (C=O) groups excluding carboxylic acids is 1. The number of aromatic nitrogens is 2. The lowest BCUT2D eigenvalue weighted by molar-refractivity contribution is 0.0827. The Balaban J connectivity index is 2.22. The number of imidazole rings is 1. The van der Waals surface area contributed by atoms with Gasteiger partial charge < -0.3 is 15.0 Å². The Kier molecular flexibility index (Phi) is 3.47. The normalized spacial score (nSPS) is 10.5. The van der Waals surface area contributed by atoms with Crippen LogP contribution in [0.1, 0.15) is 15.9 Å². The molecule has 23 heavy (non-hydrogen) atoms. The van der Waals surface area contributed by atoms with Crippen LogP contribution in [0, 0.1) is 11.3 Å². The molecule has 0 aliphatic rings. The minimum absolute atomic E-state index is 0.0670. The molecule has 0 bridgehead atoms. The second-order valence-electron chi connectivity index (χ2n) is 5.37. The maximum Gasteiger partial charge on any atom is 0.253 e. The molecule has 6 heteroatoms. The summed E-state index contributed by atoms with van der Waals surface area (Å²) in [5, 5.41) is 19.6. The summed E-state index contributed by atoms with van der Waals surface area (Å²) in [4.78, 5) is 20.8. The van der Waals surface area contributed by atoms with Crippen molar-refractivity contribution in [2.45, 2.75) is 0 Å². The average molecular weight is 306 g/mol. The number of hydrogen-bond acceptors (Lipinski definition) is 4. The minimum Gasteiger partial charge on any atom is -0.506 e. The molecule has 3 rings (SSSR count). The van der Waals surface area contributed by atoms with Gasteiger partial charge in [-0.3, -0.25) is 4.79 Å². The first-order chi connectivity index (χ1) is 11.0. The van der Waals surface area contributed by atoms with Crippen molar-refractivity contribution in [2.75, 3.05) is 14.1 Å². The monoisotopic (exact) mass is 306 g/mol. The van der Waals surface area contributed by atoms with Crippen LogP contribution in [-0.4, -0.2) is 40.0 Å². The lowest BCUT2D eigenvalue weighted by atomic mass is 9.97. The van der Waals surface area contributed by atoms with E-state index in [1.54, 1.807) is 32.6 Å². The summed E-state index contributed by atoms with van der Waals surface area (Å²) >= 11 is 0. The van der Waals surface area contributed by atoms with Gasteiger partial charge in [-0.05, 0) is 29.8 Å². The largest absolute Gasteiger partial charge is 0.506 e. The Bertz CT molecular complexity index is 951. The average Bonchev–Trinajstić information content (AvgIpc) is 3.01. The van der Waals surface area contributed by atoms with Crippen LogP contribution in [0.5, 0.6) is 5.75 Å². The number of nitriles is 1. The molecule has 0 aliphatic carbocycles. The molecule has 3 aromatic rings. The Labute approximate surface area is 132 Å². The highest BCUT2D eigenvalue weighted by atomic mass is 16.3. The third-order valence-corrected chi connectivity index (χ3v) is 3.61. The number of phenolic OH excluding ortho intramolecular Hbond substituents is 1. The zero-order chi connectivity index (χ0) is 16.6. The number of fused-ring (bicyclic) bond motifs is 1. The molecule has 0 atom stereocenters. The summed E-state index contributed by atoms with van der Waals surface area (Å²) in [6.07, 6.45) is 1.58. The SMILES string of the molecule is CN(C)C(=O)c1cc(C#N)c(O)c(-c2ccc3nc[nH]c3c2)c1. The number of nitrogens with zero attached hydrogens (tertiary/aromatic N) is 3. The van der Waals surface area contributed by atoms with Crippen molar-refractivity contribution in [1.29, 1.82) is 5.26 Å². The van der Waals surface area contributed by atoms with E-state index in [9.17, 15) is 15.2 Å². The van der Waals surface area contributed by atoms with Crippen LogP contribution in [0.2, 0.25) is 0 Å². The summed E-state index contributed by atoms with van der Waals surface area (Å²) in [7, 11) is 3.27. The second-order valence-corrected chi connectivity index (χ2v) is 5.37. The maximum atomic E-state index is 12.2. The van der Waals surface area contributed by atoms with E-state index in [1.807, 2.05) is 18.2 Å². The van der Waals surface area contributed by atoms with E-state index in [-0.39, 0.29) is 17.2 Å². The van der Waals surface area contributed by atoms with Crippen LogP contribution in [-0.2, 0) is 0 Å². The predicted molar refractivity (Wildman–Crippen MR) is 85.9 cm³/mol. The smallest absolute Gasteiger partial charge is 0.253 e. The highest BCUT2D eigenvalue weighted by Gasteiger charge is 2.17. The molecule has 0 saturated carbocycles. The lowest BCUT2D eigenvalue weighted by Gasteiger charge is -2.13. The highest BCUT2D eigenvalue weighted by Crippen LogP contribution is 2.34. The highest BCUT2D eigenvalue weighted by molar-refractivity contribution is 5.97. The number of carbonyl (C=O) groups is 1. The number of phenols is 1. The van der Waals surface area contributed by atoms with Gasteiger partial charge in [0.1, 0.15) is 11.8 Å². The van der Waals surface area contributed by atoms with Gasteiger partial charge in [0.15, 0.2) is 0 Å². The Morgan fingerprint density at radius 1 is 1.30 bits per heavy atom. The molecular weight excluding hydrogens is 292 g/mol. The number of nitrogens with one attached hydrogen (secondary N) is 1. The summed E-state index contributed by atoms with van der Waals surface area (Å²) in [5.41, 5.74) is 3.16. The van der Waals surface area contributed by atoms with Gasteiger partial charge in [-0.2, -0.15) is 5.26 Å². The molecular formula is C17H14N4O2.